The van der Waals surface area contributed by atoms with E-state index < -0.39 is 0 Å². The molecule has 3 heteroatoms. The minimum absolute atomic E-state index is 0.00540. The van der Waals surface area contributed by atoms with Crippen LogP contribution in [0, 0.1) is 0 Å². The van der Waals surface area contributed by atoms with Crippen LogP contribution in [-0.4, -0.2) is 22.9 Å². The van der Waals surface area contributed by atoms with Crippen molar-refractivity contribution in [3.05, 3.63) is 0 Å². The Bertz CT molecular complexity index is 55.7. The van der Waals surface area contributed by atoms with Gasteiger partial charge in [-0.25, -0.2) is 0 Å². The summed E-state index contributed by atoms with van der Waals surface area (Å²) in [5.41, 5.74) is 0. The Morgan fingerprint density at radius 3 is 2.71 bits per heavy atom. The van der Waals surface area contributed by atoms with Gasteiger partial charge in [-0.15, -0.1) is 0 Å². The number of rotatable bonds is 3. The molecule has 7 heavy (non-hydrogen) atoms. The number of carbonyl (C=O) groups excluding carboxylic acids is 1. The topological polar surface area (TPSA) is 26.3 Å². The van der Waals surface area contributed by atoms with Gasteiger partial charge >= 0.3 is 0 Å². The lowest BCUT2D eigenvalue weighted by molar-refractivity contribution is -0.109. The second kappa shape index (κ2) is 4.02. The van der Waals surface area contributed by atoms with Crippen LogP contribution in [0.2, 0.25) is 0 Å². The van der Waals surface area contributed by atoms with Crippen LogP contribution >= 0.6 is 0 Å². The number of hydrogen-bond acceptors (Lipinski definition) is 2. The van der Waals surface area contributed by atoms with E-state index in [0.717, 1.165) is 6.29 Å². The van der Waals surface area contributed by atoms with E-state index in [1.807, 2.05) is 0 Å². The Morgan fingerprint density at radius 1 is 2.00 bits per heavy atom. The summed E-state index contributed by atoms with van der Waals surface area (Å²) < 4.78 is 4.56. The maximum Gasteiger partial charge on any atom is 0.246 e. The van der Waals surface area contributed by atoms with Crippen LogP contribution in [0.5, 0.6) is 0 Å². The highest BCUT2D eigenvalue weighted by Gasteiger charge is 1.93. The predicted molar refractivity (Wildman–Crippen MR) is 27.0 cm³/mol. The van der Waals surface area contributed by atoms with Crippen molar-refractivity contribution in [2.45, 2.75) is 19.4 Å². The first kappa shape index (κ1) is 6.85. The summed E-state index contributed by atoms with van der Waals surface area (Å²) in [6, 6.07) is 0. The summed E-state index contributed by atoms with van der Waals surface area (Å²) in [6.07, 6.45) is 1.27. The van der Waals surface area contributed by atoms with E-state index in [2.05, 4.69) is 14.9 Å². The highest BCUT2D eigenvalue weighted by atomic mass is 28.2. The lowest BCUT2D eigenvalue weighted by Crippen LogP contribution is -2.04. The minimum atomic E-state index is -0.00540. The Kier molecular flexibility index (Phi) is 3.93. The largest absolute Gasteiger partial charge is 0.416 e. The molecule has 0 aromatic rings. The van der Waals surface area contributed by atoms with Crippen LogP contribution in [0.25, 0.3) is 0 Å². The molecule has 0 aliphatic heterocycles. The van der Waals surface area contributed by atoms with Crippen LogP contribution in [0.3, 0.4) is 0 Å². The molecule has 0 aromatic carbocycles. The molecule has 0 bridgehead atoms. The fourth-order valence-electron chi connectivity index (χ4n) is 0.184. The minimum Gasteiger partial charge on any atom is -0.416 e. The molecule has 0 saturated carbocycles. The maximum atomic E-state index is 9.67. The van der Waals surface area contributed by atoms with Gasteiger partial charge < -0.3 is 9.22 Å². The Hall–Kier alpha value is -0.153. The second-order valence-corrected chi connectivity index (χ2v) is 1.57. The quantitative estimate of drug-likeness (QED) is 0.384. The summed E-state index contributed by atoms with van der Waals surface area (Å²) in [4.78, 5) is 9.67. The van der Waals surface area contributed by atoms with Gasteiger partial charge in [0.2, 0.25) is 10.5 Å². The van der Waals surface area contributed by atoms with Gasteiger partial charge in [-0.3, -0.25) is 0 Å². The predicted octanol–water partition coefficient (Wildman–Crippen LogP) is 0.0640. The third-order valence-electron chi connectivity index (χ3n) is 0.629. The molecule has 0 aliphatic rings. The van der Waals surface area contributed by atoms with Gasteiger partial charge in [-0.05, 0) is 6.92 Å². The van der Waals surface area contributed by atoms with E-state index in [9.17, 15) is 4.79 Å². The zero-order valence-corrected chi connectivity index (χ0v) is 5.18. The first-order valence-electron chi connectivity index (χ1n) is 2.07. The molecular weight excluding hydrogens is 108 g/mol. The maximum absolute atomic E-state index is 9.67. The van der Waals surface area contributed by atoms with Crippen molar-refractivity contribution in [1.29, 1.82) is 0 Å². The lowest BCUT2D eigenvalue weighted by atomic mass is 10.3. The molecule has 0 aromatic heterocycles. The van der Waals surface area contributed by atoms with E-state index in [1.54, 1.807) is 6.92 Å². The van der Waals surface area contributed by atoms with E-state index in [1.165, 1.54) is 0 Å². The highest BCUT2D eigenvalue weighted by Crippen LogP contribution is 1.88. The molecule has 0 fully saturated rings. The van der Waals surface area contributed by atoms with Crippen molar-refractivity contribution < 1.29 is 9.22 Å². The summed E-state index contributed by atoms with van der Waals surface area (Å²) in [6.45, 7) is 1.81. The van der Waals surface area contributed by atoms with Crippen molar-refractivity contribution in [3.8, 4) is 0 Å². The molecule has 0 heterocycles. The molecular formula is C4H7O2Si. The Labute approximate surface area is 46.4 Å². The van der Waals surface area contributed by atoms with Crippen LogP contribution in [0.4, 0.5) is 0 Å². The van der Waals surface area contributed by atoms with Gasteiger partial charge in [0.1, 0.15) is 6.29 Å². The van der Waals surface area contributed by atoms with Crippen LogP contribution < -0.4 is 0 Å². The normalized spacial score (nSPS) is 13.4. The molecule has 39 valence electrons. The molecule has 1 atom stereocenters. The Morgan fingerprint density at radius 2 is 2.57 bits per heavy atom. The fraction of sp³-hybridized carbons (Fsp3) is 0.750. The number of aldehydes is 1. The summed E-state index contributed by atoms with van der Waals surface area (Å²) in [5, 5.41) is 0. The van der Waals surface area contributed by atoms with Crippen LogP contribution in [-0.2, 0) is 9.22 Å². The fourth-order valence-corrected chi connectivity index (χ4v) is 0.280. The first-order valence-corrected chi connectivity index (χ1v) is 2.48. The SMILES string of the molecule is CC(CC=O)O[Si]. The standard InChI is InChI=1S/C4H7O2Si/c1-4(6-7)2-3-5/h3-4H,2H2,1H3. The van der Waals surface area contributed by atoms with E-state index in [-0.39, 0.29) is 6.10 Å². The van der Waals surface area contributed by atoms with Crippen LogP contribution in [0.1, 0.15) is 13.3 Å². The highest BCUT2D eigenvalue weighted by molar-refractivity contribution is 5.98. The molecule has 0 saturated heterocycles. The average Bonchev–Trinajstić information content (AvgIpc) is 1.68. The monoisotopic (exact) mass is 115 g/mol. The molecule has 2 nitrogen and oxygen atoms in total. The van der Waals surface area contributed by atoms with E-state index in [0.29, 0.717) is 6.42 Å². The van der Waals surface area contributed by atoms with E-state index in [4.69, 9.17) is 0 Å². The van der Waals surface area contributed by atoms with Crippen molar-refractivity contribution >= 4 is 16.8 Å². The van der Waals surface area contributed by atoms with Crippen molar-refractivity contribution in [2.75, 3.05) is 0 Å². The third-order valence-corrected chi connectivity index (χ3v) is 1.03. The zero-order chi connectivity index (χ0) is 5.70. The van der Waals surface area contributed by atoms with Crippen LogP contribution in [0.15, 0.2) is 0 Å². The summed E-state index contributed by atoms with van der Waals surface area (Å²) in [7, 11) is 2.80. The number of carbonyl (C=O) groups is 1. The van der Waals surface area contributed by atoms with Gasteiger partial charge in [0.05, 0.1) is 0 Å². The Balaban J connectivity index is 2.98. The molecule has 0 amide bonds. The molecule has 3 radical (unpaired) electrons. The van der Waals surface area contributed by atoms with Gasteiger partial charge in [-0.1, -0.05) is 0 Å². The molecule has 1 unspecified atom stereocenters. The van der Waals surface area contributed by atoms with Gasteiger partial charge in [-0.2, -0.15) is 0 Å². The van der Waals surface area contributed by atoms with Crippen molar-refractivity contribution in [1.82, 2.24) is 0 Å². The number of hydrogen-bond donors (Lipinski definition) is 0. The zero-order valence-electron chi connectivity index (χ0n) is 4.18. The first-order chi connectivity index (χ1) is 3.31. The van der Waals surface area contributed by atoms with Gasteiger partial charge in [0.25, 0.3) is 0 Å². The summed E-state index contributed by atoms with van der Waals surface area (Å²) in [5.74, 6) is 0. The summed E-state index contributed by atoms with van der Waals surface area (Å²) >= 11 is 0. The van der Waals surface area contributed by atoms with Gasteiger partial charge in [0.15, 0.2) is 0 Å². The molecule has 0 N–H and O–H groups in total. The van der Waals surface area contributed by atoms with Crippen molar-refractivity contribution in [2.24, 2.45) is 0 Å². The van der Waals surface area contributed by atoms with E-state index >= 15 is 0 Å². The molecule has 0 aliphatic carbocycles. The smallest absolute Gasteiger partial charge is 0.246 e. The third kappa shape index (κ3) is 3.68. The molecule has 0 spiro atoms. The second-order valence-electron chi connectivity index (χ2n) is 1.33. The molecule has 0 rings (SSSR count). The van der Waals surface area contributed by atoms with Crippen molar-refractivity contribution in [3.63, 3.8) is 0 Å². The average molecular weight is 115 g/mol. The lowest BCUT2D eigenvalue weighted by Gasteiger charge is -2.00. The van der Waals surface area contributed by atoms with Gasteiger partial charge in [0, 0.05) is 12.5 Å².